The maximum atomic E-state index is 13.1. The summed E-state index contributed by atoms with van der Waals surface area (Å²) in [6.45, 7) is 1.11. The SMILES string of the molecule is O=C(NCCc1cccc(F)c1)N[C@@H]1CCO[C@@H](c2ccccc2)C1. The smallest absolute Gasteiger partial charge is 0.315 e. The molecule has 0 bridgehead atoms. The fourth-order valence-corrected chi connectivity index (χ4v) is 3.08. The lowest BCUT2D eigenvalue weighted by molar-refractivity contribution is 0.00227. The Morgan fingerprint density at radius 2 is 2.00 bits per heavy atom. The molecule has 2 aromatic carbocycles. The number of hydrogen-bond donors (Lipinski definition) is 2. The summed E-state index contributed by atoms with van der Waals surface area (Å²) in [6, 6.07) is 16.4. The molecule has 0 aliphatic carbocycles. The number of amides is 2. The van der Waals surface area contributed by atoms with Gasteiger partial charge >= 0.3 is 6.03 Å². The first kappa shape index (κ1) is 17.4. The largest absolute Gasteiger partial charge is 0.373 e. The maximum absolute atomic E-state index is 13.1. The second-order valence-corrected chi connectivity index (χ2v) is 6.27. The summed E-state index contributed by atoms with van der Waals surface area (Å²) in [5.74, 6) is -0.254. The molecule has 2 amide bonds. The molecule has 25 heavy (non-hydrogen) atoms. The topological polar surface area (TPSA) is 50.4 Å². The highest BCUT2D eigenvalue weighted by Crippen LogP contribution is 2.27. The Morgan fingerprint density at radius 1 is 1.16 bits per heavy atom. The van der Waals surface area contributed by atoms with Gasteiger partial charge in [0.1, 0.15) is 5.82 Å². The first-order chi connectivity index (χ1) is 12.2. The minimum absolute atomic E-state index is 0.0209. The lowest BCUT2D eigenvalue weighted by atomic mass is 9.97. The number of halogens is 1. The van der Waals surface area contributed by atoms with Crippen LogP contribution in [-0.2, 0) is 11.2 Å². The van der Waals surface area contributed by atoms with Crippen LogP contribution in [0.4, 0.5) is 9.18 Å². The minimum Gasteiger partial charge on any atom is -0.373 e. The molecular weight excluding hydrogens is 319 g/mol. The first-order valence-corrected chi connectivity index (χ1v) is 8.66. The normalized spacial score (nSPS) is 20.0. The fraction of sp³-hybridized carbons (Fsp3) is 0.350. The van der Waals surface area contributed by atoms with Gasteiger partial charge in [-0.05, 0) is 42.5 Å². The van der Waals surface area contributed by atoms with Crippen LogP contribution >= 0.6 is 0 Å². The van der Waals surface area contributed by atoms with E-state index in [1.807, 2.05) is 36.4 Å². The maximum Gasteiger partial charge on any atom is 0.315 e. The summed E-state index contributed by atoms with van der Waals surface area (Å²) in [4.78, 5) is 12.1. The third-order valence-corrected chi connectivity index (χ3v) is 4.38. The van der Waals surface area contributed by atoms with E-state index < -0.39 is 0 Å². The molecule has 0 radical (unpaired) electrons. The summed E-state index contributed by atoms with van der Waals surface area (Å²) in [6.07, 6.45) is 2.20. The Labute approximate surface area is 147 Å². The molecule has 1 aliphatic rings. The zero-order valence-corrected chi connectivity index (χ0v) is 14.1. The van der Waals surface area contributed by atoms with Crippen LogP contribution in [0.2, 0.25) is 0 Å². The summed E-state index contributed by atoms with van der Waals surface area (Å²) in [7, 11) is 0. The van der Waals surface area contributed by atoms with E-state index in [2.05, 4.69) is 10.6 Å². The molecule has 2 aromatic rings. The van der Waals surface area contributed by atoms with Gasteiger partial charge in [-0.2, -0.15) is 0 Å². The highest BCUT2D eigenvalue weighted by atomic mass is 19.1. The van der Waals surface area contributed by atoms with E-state index in [9.17, 15) is 9.18 Å². The number of rotatable bonds is 5. The number of carbonyl (C=O) groups is 1. The molecule has 1 saturated heterocycles. The molecule has 4 nitrogen and oxygen atoms in total. The van der Waals surface area contributed by atoms with Gasteiger partial charge in [0.15, 0.2) is 0 Å². The van der Waals surface area contributed by atoms with Gasteiger partial charge < -0.3 is 15.4 Å². The van der Waals surface area contributed by atoms with Crippen LogP contribution in [0.3, 0.4) is 0 Å². The van der Waals surface area contributed by atoms with E-state index in [1.165, 1.54) is 12.1 Å². The molecule has 1 heterocycles. The van der Waals surface area contributed by atoms with E-state index in [4.69, 9.17) is 4.74 Å². The van der Waals surface area contributed by atoms with Gasteiger partial charge in [-0.25, -0.2) is 9.18 Å². The molecule has 0 unspecified atom stereocenters. The third-order valence-electron chi connectivity index (χ3n) is 4.38. The molecule has 1 aliphatic heterocycles. The van der Waals surface area contributed by atoms with Crippen molar-refractivity contribution in [2.24, 2.45) is 0 Å². The predicted molar refractivity (Wildman–Crippen MR) is 94.8 cm³/mol. The van der Waals surface area contributed by atoms with Crippen molar-refractivity contribution in [3.05, 3.63) is 71.5 Å². The minimum atomic E-state index is -0.254. The van der Waals surface area contributed by atoms with Crippen molar-refractivity contribution < 1.29 is 13.9 Å². The molecule has 2 N–H and O–H groups in total. The van der Waals surface area contributed by atoms with Gasteiger partial charge in [-0.3, -0.25) is 0 Å². The molecule has 0 spiro atoms. The van der Waals surface area contributed by atoms with Crippen LogP contribution in [0.1, 0.15) is 30.1 Å². The Balaban J connectivity index is 1.43. The molecule has 5 heteroatoms. The average Bonchev–Trinajstić information content (AvgIpc) is 2.63. The quantitative estimate of drug-likeness (QED) is 0.872. The number of nitrogens with one attached hydrogen (secondary N) is 2. The summed E-state index contributed by atoms with van der Waals surface area (Å²) in [5, 5.41) is 5.85. The van der Waals surface area contributed by atoms with Crippen molar-refractivity contribution in [1.82, 2.24) is 10.6 Å². The summed E-state index contributed by atoms with van der Waals surface area (Å²) >= 11 is 0. The molecule has 2 atom stereocenters. The van der Waals surface area contributed by atoms with E-state index in [0.29, 0.717) is 19.6 Å². The van der Waals surface area contributed by atoms with Crippen LogP contribution in [0, 0.1) is 5.82 Å². The van der Waals surface area contributed by atoms with E-state index in [0.717, 1.165) is 24.0 Å². The first-order valence-electron chi connectivity index (χ1n) is 8.66. The summed E-state index contributed by atoms with van der Waals surface area (Å²) < 4.78 is 18.9. The van der Waals surface area contributed by atoms with Crippen molar-refractivity contribution in [3.63, 3.8) is 0 Å². The van der Waals surface area contributed by atoms with E-state index in [1.54, 1.807) is 6.07 Å². The van der Waals surface area contributed by atoms with Gasteiger partial charge in [0, 0.05) is 19.2 Å². The van der Waals surface area contributed by atoms with Crippen molar-refractivity contribution in [2.45, 2.75) is 31.4 Å². The fourth-order valence-electron chi connectivity index (χ4n) is 3.08. The van der Waals surface area contributed by atoms with Gasteiger partial charge in [0.05, 0.1) is 6.10 Å². The van der Waals surface area contributed by atoms with Gasteiger partial charge in [0.2, 0.25) is 0 Å². The van der Waals surface area contributed by atoms with E-state index in [-0.39, 0.29) is 24.0 Å². The molecular formula is C20H23FN2O2. The van der Waals surface area contributed by atoms with E-state index >= 15 is 0 Å². The van der Waals surface area contributed by atoms with Gasteiger partial charge in [-0.1, -0.05) is 42.5 Å². The number of urea groups is 1. The number of hydrogen-bond acceptors (Lipinski definition) is 2. The summed E-state index contributed by atoms with van der Waals surface area (Å²) in [5.41, 5.74) is 2.01. The molecule has 0 aromatic heterocycles. The Hall–Kier alpha value is -2.40. The van der Waals surface area contributed by atoms with Crippen molar-refractivity contribution in [3.8, 4) is 0 Å². The number of benzene rings is 2. The second-order valence-electron chi connectivity index (χ2n) is 6.27. The van der Waals surface area contributed by atoms with Crippen molar-refractivity contribution in [1.29, 1.82) is 0 Å². The number of ether oxygens (including phenoxy) is 1. The Bertz CT molecular complexity index is 693. The average molecular weight is 342 g/mol. The Kier molecular flexibility index (Phi) is 6.01. The monoisotopic (exact) mass is 342 g/mol. The van der Waals surface area contributed by atoms with Crippen LogP contribution in [0.25, 0.3) is 0 Å². The number of carbonyl (C=O) groups excluding carboxylic acids is 1. The standard InChI is InChI=1S/C20H23FN2O2/c21-17-8-4-5-15(13-17)9-11-22-20(24)23-18-10-12-25-19(14-18)16-6-2-1-3-7-16/h1-8,13,18-19H,9-12,14H2,(H2,22,23,24)/t18-,19-/m1/s1. The highest BCUT2D eigenvalue weighted by Gasteiger charge is 2.24. The van der Waals surface area contributed by atoms with Crippen molar-refractivity contribution in [2.75, 3.05) is 13.2 Å². The molecule has 1 fully saturated rings. The van der Waals surface area contributed by atoms with Crippen LogP contribution in [0.15, 0.2) is 54.6 Å². The highest BCUT2D eigenvalue weighted by molar-refractivity contribution is 5.74. The zero-order valence-electron chi connectivity index (χ0n) is 14.1. The third kappa shape index (κ3) is 5.29. The van der Waals surface area contributed by atoms with Crippen LogP contribution < -0.4 is 10.6 Å². The lowest BCUT2D eigenvalue weighted by Gasteiger charge is -2.30. The molecule has 0 saturated carbocycles. The van der Waals surface area contributed by atoms with Crippen LogP contribution in [0.5, 0.6) is 0 Å². The Morgan fingerprint density at radius 3 is 2.80 bits per heavy atom. The molecule has 132 valence electrons. The lowest BCUT2D eigenvalue weighted by Crippen LogP contribution is -2.45. The zero-order chi connectivity index (χ0) is 17.5. The van der Waals surface area contributed by atoms with Gasteiger partial charge in [-0.15, -0.1) is 0 Å². The van der Waals surface area contributed by atoms with Crippen LogP contribution in [-0.4, -0.2) is 25.2 Å². The second kappa shape index (κ2) is 8.62. The van der Waals surface area contributed by atoms with Crippen molar-refractivity contribution >= 4 is 6.03 Å². The van der Waals surface area contributed by atoms with Gasteiger partial charge in [0.25, 0.3) is 0 Å². The molecule has 3 rings (SSSR count). The predicted octanol–water partition coefficient (Wildman–Crippen LogP) is 3.59.